The van der Waals surface area contributed by atoms with Crippen LogP contribution in [-0.4, -0.2) is 22.8 Å². The van der Waals surface area contributed by atoms with Gasteiger partial charge in [-0.2, -0.15) is 0 Å². The lowest BCUT2D eigenvalue weighted by Gasteiger charge is -2.09. The maximum Gasteiger partial charge on any atom is 0.303 e. The summed E-state index contributed by atoms with van der Waals surface area (Å²) in [5.74, 6) is 0.481. The van der Waals surface area contributed by atoms with E-state index in [1.807, 2.05) is 12.1 Å². The molecule has 0 radical (unpaired) electrons. The number of unbranched alkanes of at least 4 members (excludes halogenated alkanes) is 15. The Hall–Kier alpha value is -1.71. The van der Waals surface area contributed by atoms with E-state index in [4.69, 9.17) is 9.84 Å². The predicted molar refractivity (Wildman–Crippen MR) is 134 cm³/mol. The van der Waals surface area contributed by atoms with Crippen molar-refractivity contribution < 1.29 is 19.7 Å². The highest BCUT2D eigenvalue weighted by Gasteiger charge is 2.04. The number of aromatic hydroxyl groups is 1. The molecule has 0 aliphatic rings. The molecule has 1 aromatic rings. The van der Waals surface area contributed by atoms with Gasteiger partial charge in [-0.1, -0.05) is 103 Å². The second-order valence-electron chi connectivity index (χ2n) is 9.19. The number of benzene rings is 1. The van der Waals surface area contributed by atoms with Gasteiger partial charge in [-0.05, 0) is 37.3 Å². The Morgan fingerprint density at radius 2 is 1.28 bits per heavy atom. The number of carbonyl (C=O) groups is 1. The minimum atomic E-state index is -0.670. The van der Waals surface area contributed by atoms with Gasteiger partial charge in [-0.25, -0.2) is 0 Å². The van der Waals surface area contributed by atoms with Gasteiger partial charge in [0.1, 0.15) is 11.5 Å². The Bertz CT molecular complexity index is 585. The molecule has 0 bridgehead atoms. The maximum absolute atomic E-state index is 10.4. The summed E-state index contributed by atoms with van der Waals surface area (Å²) >= 11 is 0. The van der Waals surface area contributed by atoms with Crippen molar-refractivity contribution in [1.29, 1.82) is 0 Å². The molecule has 0 saturated heterocycles. The maximum atomic E-state index is 10.4. The molecule has 184 valence electrons. The molecule has 1 aromatic carbocycles. The lowest BCUT2D eigenvalue weighted by atomic mass is 10.0. The molecular formula is C28H48O4. The lowest BCUT2D eigenvalue weighted by molar-refractivity contribution is -0.137. The van der Waals surface area contributed by atoms with Crippen LogP contribution in [0.3, 0.4) is 0 Å². The number of phenols is 1. The Morgan fingerprint density at radius 3 is 1.81 bits per heavy atom. The molecule has 4 heteroatoms. The second-order valence-corrected chi connectivity index (χ2v) is 9.19. The van der Waals surface area contributed by atoms with Gasteiger partial charge >= 0.3 is 5.97 Å². The first kappa shape index (κ1) is 28.3. The molecular weight excluding hydrogens is 400 g/mol. The van der Waals surface area contributed by atoms with Gasteiger partial charge in [0.25, 0.3) is 0 Å². The van der Waals surface area contributed by atoms with Crippen molar-refractivity contribution in [3.8, 4) is 11.5 Å². The first-order chi connectivity index (χ1) is 15.6. The monoisotopic (exact) mass is 448 g/mol. The van der Waals surface area contributed by atoms with E-state index in [0.717, 1.165) is 50.0 Å². The highest BCUT2D eigenvalue weighted by molar-refractivity contribution is 5.66. The van der Waals surface area contributed by atoms with E-state index < -0.39 is 5.97 Å². The molecule has 0 aromatic heterocycles. The van der Waals surface area contributed by atoms with Crippen molar-refractivity contribution in [1.82, 2.24) is 0 Å². The number of hydrogen-bond acceptors (Lipinski definition) is 3. The molecule has 0 amide bonds. The fourth-order valence-corrected chi connectivity index (χ4v) is 4.10. The van der Waals surface area contributed by atoms with Crippen molar-refractivity contribution in [3.63, 3.8) is 0 Å². The van der Waals surface area contributed by atoms with Gasteiger partial charge in [-0.15, -0.1) is 0 Å². The SMILES string of the molecule is CCCCCCc1ccc(OCCCCCCCCCCCCCCCC(=O)O)cc1O. The summed E-state index contributed by atoms with van der Waals surface area (Å²) in [6.45, 7) is 2.94. The highest BCUT2D eigenvalue weighted by Crippen LogP contribution is 2.25. The topological polar surface area (TPSA) is 66.8 Å². The molecule has 32 heavy (non-hydrogen) atoms. The minimum Gasteiger partial charge on any atom is -0.508 e. The third-order valence-corrected chi connectivity index (χ3v) is 6.16. The Labute approximate surface area is 196 Å². The van der Waals surface area contributed by atoms with Gasteiger partial charge in [0.2, 0.25) is 0 Å². The molecule has 0 fully saturated rings. The second kappa shape index (κ2) is 19.9. The number of rotatable bonds is 22. The fraction of sp³-hybridized carbons (Fsp3) is 0.750. The molecule has 0 heterocycles. The van der Waals surface area contributed by atoms with E-state index in [1.165, 1.54) is 83.5 Å². The Balaban J connectivity index is 1.89. The quantitative estimate of drug-likeness (QED) is 0.175. The molecule has 2 N–H and O–H groups in total. The molecule has 0 atom stereocenters. The van der Waals surface area contributed by atoms with Gasteiger partial charge in [0, 0.05) is 12.5 Å². The lowest BCUT2D eigenvalue weighted by Crippen LogP contribution is -1.98. The Morgan fingerprint density at radius 1 is 0.750 bits per heavy atom. The fourth-order valence-electron chi connectivity index (χ4n) is 4.10. The van der Waals surface area contributed by atoms with Crippen molar-refractivity contribution in [3.05, 3.63) is 23.8 Å². The average Bonchev–Trinajstić information content (AvgIpc) is 2.77. The van der Waals surface area contributed by atoms with Gasteiger partial charge in [0.15, 0.2) is 0 Å². The van der Waals surface area contributed by atoms with Crippen LogP contribution in [0.4, 0.5) is 0 Å². The van der Waals surface area contributed by atoms with Gasteiger partial charge < -0.3 is 14.9 Å². The molecule has 0 aliphatic carbocycles. The zero-order chi connectivity index (χ0) is 23.3. The van der Waals surface area contributed by atoms with Crippen molar-refractivity contribution in [2.75, 3.05) is 6.61 Å². The summed E-state index contributed by atoms with van der Waals surface area (Å²) in [4.78, 5) is 10.4. The number of aryl methyl sites for hydroxylation is 1. The summed E-state index contributed by atoms with van der Waals surface area (Å²) in [5.41, 5.74) is 1.03. The average molecular weight is 449 g/mol. The van der Waals surface area contributed by atoms with E-state index in [-0.39, 0.29) is 0 Å². The third-order valence-electron chi connectivity index (χ3n) is 6.16. The Kier molecular flexibility index (Phi) is 17.6. The molecule has 0 saturated carbocycles. The standard InChI is InChI=1S/C28H48O4/c1-2-3-4-16-19-25-21-22-26(24-27(25)29)32-23-18-15-13-11-9-7-5-6-8-10-12-14-17-20-28(30)31/h21-22,24,29H,2-20,23H2,1H3,(H,30,31). The number of carboxylic acid groups (broad SMARTS) is 1. The van der Waals surface area contributed by atoms with Crippen LogP contribution in [0.25, 0.3) is 0 Å². The summed E-state index contributed by atoms with van der Waals surface area (Å²) in [6, 6.07) is 5.77. The van der Waals surface area contributed by atoms with Crippen LogP contribution >= 0.6 is 0 Å². The third kappa shape index (κ3) is 16.0. The van der Waals surface area contributed by atoms with E-state index in [2.05, 4.69) is 6.92 Å². The van der Waals surface area contributed by atoms with Crippen molar-refractivity contribution >= 4 is 5.97 Å². The van der Waals surface area contributed by atoms with Gasteiger partial charge in [0.05, 0.1) is 6.61 Å². The normalized spacial score (nSPS) is 11.0. The van der Waals surface area contributed by atoms with Crippen LogP contribution in [0.15, 0.2) is 18.2 Å². The first-order valence-corrected chi connectivity index (χ1v) is 13.3. The van der Waals surface area contributed by atoms with Gasteiger partial charge in [-0.3, -0.25) is 4.79 Å². The largest absolute Gasteiger partial charge is 0.508 e. The number of ether oxygens (including phenoxy) is 1. The van der Waals surface area contributed by atoms with E-state index in [1.54, 1.807) is 6.07 Å². The van der Waals surface area contributed by atoms with E-state index in [9.17, 15) is 9.90 Å². The van der Waals surface area contributed by atoms with Crippen molar-refractivity contribution in [2.24, 2.45) is 0 Å². The zero-order valence-corrected chi connectivity index (χ0v) is 20.6. The number of carboxylic acids is 1. The van der Waals surface area contributed by atoms with Crippen molar-refractivity contribution in [2.45, 2.75) is 129 Å². The smallest absolute Gasteiger partial charge is 0.303 e. The van der Waals surface area contributed by atoms with Crippen LogP contribution in [0.5, 0.6) is 11.5 Å². The molecule has 0 unspecified atom stereocenters. The van der Waals surface area contributed by atoms with Crippen LogP contribution in [0.2, 0.25) is 0 Å². The number of hydrogen-bond donors (Lipinski definition) is 2. The number of phenolic OH excluding ortho intramolecular Hbond substituents is 1. The van der Waals surface area contributed by atoms with Crippen LogP contribution in [0, 0.1) is 0 Å². The summed E-state index contributed by atoms with van der Waals surface area (Å²) in [5, 5.41) is 18.8. The van der Waals surface area contributed by atoms with E-state index >= 15 is 0 Å². The molecule has 1 rings (SSSR count). The molecule has 0 spiro atoms. The summed E-state index contributed by atoms with van der Waals surface area (Å²) in [6.07, 6.45) is 21.9. The molecule has 4 nitrogen and oxygen atoms in total. The summed E-state index contributed by atoms with van der Waals surface area (Å²) < 4.78 is 5.81. The first-order valence-electron chi connectivity index (χ1n) is 13.3. The molecule has 0 aliphatic heterocycles. The number of aliphatic carboxylic acids is 1. The highest BCUT2D eigenvalue weighted by atomic mass is 16.5. The van der Waals surface area contributed by atoms with Crippen LogP contribution in [-0.2, 0) is 11.2 Å². The van der Waals surface area contributed by atoms with E-state index in [0.29, 0.717) is 12.2 Å². The summed E-state index contributed by atoms with van der Waals surface area (Å²) in [7, 11) is 0. The van der Waals surface area contributed by atoms with Crippen LogP contribution < -0.4 is 4.74 Å². The predicted octanol–water partition coefficient (Wildman–Crippen LogP) is 8.44. The van der Waals surface area contributed by atoms with Crippen LogP contribution in [0.1, 0.15) is 128 Å². The minimum absolute atomic E-state index is 0.321. The zero-order valence-electron chi connectivity index (χ0n) is 20.6.